The van der Waals surface area contributed by atoms with Gasteiger partial charge in [0, 0.05) is 11.3 Å². The fourth-order valence-corrected chi connectivity index (χ4v) is 1.88. The normalized spacial score (nSPS) is 10.1. The number of nitrogens with one attached hydrogen (secondary N) is 1. The average Bonchev–Trinajstić information content (AvgIpc) is 2.47. The molecule has 4 nitrogen and oxygen atoms in total. The first-order valence-electron chi connectivity index (χ1n) is 6.38. The van der Waals surface area contributed by atoms with Crippen LogP contribution < -0.4 is 15.8 Å². The summed E-state index contributed by atoms with van der Waals surface area (Å²) in [5.74, 6) is 0.700. The van der Waals surface area contributed by atoms with Crippen molar-refractivity contribution in [3.63, 3.8) is 0 Å². The zero-order chi connectivity index (χ0) is 14.5. The van der Waals surface area contributed by atoms with Gasteiger partial charge in [-0.15, -0.1) is 0 Å². The molecule has 3 N–H and O–H groups in total. The molecule has 0 heterocycles. The minimum absolute atomic E-state index is 0.0115. The van der Waals surface area contributed by atoms with Crippen LogP contribution in [-0.4, -0.2) is 19.4 Å². The molecule has 0 saturated carbocycles. The summed E-state index contributed by atoms with van der Waals surface area (Å²) >= 11 is 0. The van der Waals surface area contributed by atoms with Crippen LogP contribution in [0.25, 0.3) is 0 Å². The molecule has 0 aliphatic carbocycles. The number of anilines is 2. The number of hydrogen-bond donors (Lipinski definition) is 2. The van der Waals surface area contributed by atoms with Gasteiger partial charge in [-0.2, -0.15) is 0 Å². The summed E-state index contributed by atoms with van der Waals surface area (Å²) in [6, 6.07) is 12.8. The fourth-order valence-electron chi connectivity index (χ4n) is 1.88. The first-order chi connectivity index (χ1) is 9.61. The molecule has 4 heteroatoms. The highest BCUT2D eigenvalue weighted by Crippen LogP contribution is 2.23. The number of benzene rings is 2. The van der Waals surface area contributed by atoms with Gasteiger partial charge in [0.1, 0.15) is 5.75 Å². The van der Waals surface area contributed by atoms with Crippen LogP contribution >= 0.6 is 0 Å². The topological polar surface area (TPSA) is 64.3 Å². The zero-order valence-corrected chi connectivity index (χ0v) is 11.6. The molecule has 0 amide bonds. The van der Waals surface area contributed by atoms with E-state index in [4.69, 9.17) is 10.5 Å². The largest absolute Gasteiger partial charge is 0.495 e. The number of rotatable bonds is 5. The lowest BCUT2D eigenvalue weighted by Gasteiger charge is -2.10. The quantitative estimate of drug-likeness (QED) is 0.647. The summed E-state index contributed by atoms with van der Waals surface area (Å²) in [5, 5.41) is 3.08. The summed E-state index contributed by atoms with van der Waals surface area (Å²) in [5.41, 5.74) is 8.82. The average molecular weight is 270 g/mol. The number of nitrogens with two attached hydrogens (primary N) is 1. The van der Waals surface area contributed by atoms with Gasteiger partial charge in [0.05, 0.1) is 19.3 Å². The molecular formula is C16H18N2O2. The van der Waals surface area contributed by atoms with Gasteiger partial charge < -0.3 is 15.8 Å². The molecule has 0 aliphatic heterocycles. The number of methoxy groups -OCH3 is 1. The number of carbonyl (C=O) groups excluding carboxylic acids is 1. The van der Waals surface area contributed by atoms with E-state index in [1.54, 1.807) is 19.2 Å². The van der Waals surface area contributed by atoms with Gasteiger partial charge >= 0.3 is 0 Å². The van der Waals surface area contributed by atoms with Crippen molar-refractivity contribution in [2.75, 3.05) is 24.7 Å². The molecule has 104 valence electrons. The second kappa shape index (κ2) is 6.10. The molecule has 2 aromatic carbocycles. The van der Waals surface area contributed by atoms with Crippen LogP contribution in [0, 0.1) is 6.92 Å². The molecular weight excluding hydrogens is 252 g/mol. The highest BCUT2D eigenvalue weighted by Gasteiger charge is 2.08. The van der Waals surface area contributed by atoms with Gasteiger partial charge in [0.2, 0.25) is 0 Å². The minimum Gasteiger partial charge on any atom is -0.495 e. The summed E-state index contributed by atoms with van der Waals surface area (Å²) in [7, 11) is 1.60. The van der Waals surface area contributed by atoms with Gasteiger partial charge in [-0.05, 0) is 30.7 Å². The van der Waals surface area contributed by atoms with E-state index in [-0.39, 0.29) is 12.3 Å². The third-order valence-electron chi connectivity index (χ3n) is 3.15. The number of Topliss-reactive ketones (excluding diaryl/α,β-unsaturated/α-hetero) is 1. The molecule has 20 heavy (non-hydrogen) atoms. The Morgan fingerprint density at radius 2 is 2.00 bits per heavy atom. The Kier molecular flexibility index (Phi) is 4.25. The summed E-state index contributed by atoms with van der Waals surface area (Å²) in [6.45, 7) is 2.11. The Morgan fingerprint density at radius 1 is 1.25 bits per heavy atom. The van der Waals surface area contributed by atoms with Crippen molar-refractivity contribution in [3.8, 4) is 5.75 Å². The third-order valence-corrected chi connectivity index (χ3v) is 3.15. The van der Waals surface area contributed by atoms with Gasteiger partial charge in [0.15, 0.2) is 5.78 Å². The Labute approximate surface area is 118 Å². The van der Waals surface area contributed by atoms with Crippen molar-refractivity contribution in [2.24, 2.45) is 0 Å². The number of carbonyl (C=O) groups is 1. The number of nitrogen functional groups attached to an aromatic ring is 1. The first kappa shape index (κ1) is 13.9. The van der Waals surface area contributed by atoms with E-state index in [0.717, 1.165) is 11.3 Å². The van der Waals surface area contributed by atoms with Crippen molar-refractivity contribution in [2.45, 2.75) is 6.92 Å². The lowest BCUT2D eigenvalue weighted by atomic mass is 10.1. The molecule has 2 aromatic rings. The van der Waals surface area contributed by atoms with Crippen molar-refractivity contribution in [1.29, 1.82) is 0 Å². The van der Waals surface area contributed by atoms with Crippen molar-refractivity contribution in [1.82, 2.24) is 0 Å². The van der Waals surface area contributed by atoms with Crippen molar-refractivity contribution < 1.29 is 9.53 Å². The molecule has 0 unspecified atom stereocenters. The maximum Gasteiger partial charge on any atom is 0.181 e. The van der Waals surface area contributed by atoms with E-state index in [1.165, 1.54) is 0 Å². The van der Waals surface area contributed by atoms with E-state index >= 15 is 0 Å². The van der Waals surface area contributed by atoms with Crippen LogP contribution in [0.3, 0.4) is 0 Å². The molecule has 0 radical (unpaired) electrons. The molecule has 0 aliphatic rings. The molecule has 0 fully saturated rings. The van der Waals surface area contributed by atoms with Crippen molar-refractivity contribution >= 4 is 17.2 Å². The smallest absolute Gasteiger partial charge is 0.181 e. The lowest BCUT2D eigenvalue weighted by Crippen LogP contribution is -2.14. The number of ether oxygens (including phenoxy) is 1. The summed E-state index contributed by atoms with van der Waals surface area (Å²) in [6.07, 6.45) is 0. The van der Waals surface area contributed by atoms with E-state index in [9.17, 15) is 4.79 Å². The Morgan fingerprint density at radius 3 is 2.70 bits per heavy atom. The third kappa shape index (κ3) is 3.09. The van der Waals surface area contributed by atoms with Gasteiger partial charge in [-0.25, -0.2) is 0 Å². The molecule has 0 bridgehead atoms. The second-order valence-electron chi connectivity index (χ2n) is 4.55. The monoisotopic (exact) mass is 270 g/mol. The highest BCUT2D eigenvalue weighted by atomic mass is 16.5. The molecule has 0 aromatic heterocycles. The molecule has 2 rings (SSSR count). The highest BCUT2D eigenvalue weighted by molar-refractivity contribution is 5.99. The van der Waals surface area contributed by atoms with Crippen LogP contribution in [0.5, 0.6) is 5.75 Å². The van der Waals surface area contributed by atoms with Gasteiger partial charge in [-0.1, -0.05) is 24.3 Å². The van der Waals surface area contributed by atoms with E-state index < -0.39 is 0 Å². The van der Waals surface area contributed by atoms with E-state index in [1.807, 2.05) is 37.3 Å². The number of ketones is 1. The Hall–Kier alpha value is -2.49. The predicted octanol–water partition coefficient (Wildman–Crippen LogP) is 2.88. The summed E-state index contributed by atoms with van der Waals surface area (Å²) < 4.78 is 5.22. The number of para-hydroxylation sites is 2. The first-order valence-corrected chi connectivity index (χ1v) is 6.38. The maximum absolute atomic E-state index is 12.1. The molecule has 0 atom stereocenters. The zero-order valence-electron chi connectivity index (χ0n) is 11.6. The maximum atomic E-state index is 12.1. The lowest BCUT2D eigenvalue weighted by molar-refractivity contribution is 0.101. The van der Waals surface area contributed by atoms with Gasteiger partial charge in [0.25, 0.3) is 0 Å². The molecule has 0 saturated heterocycles. The van der Waals surface area contributed by atoms with Crippen molar-refractivity contribution in [3.05, 3.63) is 53.6 Å². The number of aryl methyl sites for hydroxylation is 1. The van der Waals surface area contributed by atoms with Crippen LogP contribution in [0.2, 0.25) is 0 Å². The van der Waals surface area contributed by atoms with Crippen LogP contribution in [0.1, 0.15) is 15.9 Å². The number of hydrogen-bond acceptors (Lipinski definition) is 4. The van der Waals surface area contributed by atoms with E-state index in [2.05, 4.69) is 5.32 Å². The minimum atomic E-state index is -0.0115. The molecule has 0 spiro atoms. The van der Waals surface area contributed by atoms with Crippen LogP contribution in [0.4, 0.5) is 11.4 Å². The Bertz CT molecular complexity index is 624. The fraction of sp³-hybridized carbons (Fsp3) is 0.188. The second-order valence-corrected chi connectivity index (χ2v) is 4.55. The summed E-state index contributed by atoms with van der Waals surface area (Å²) in [4.78, 5) is 12.1. The Balaban J connectivity index is 2.06. The van der Waals surface area contributed by atoms with Crippen LogP contribution in [-0.2, 0) is 0 Å². The standard InChI is InChI=1S/C16H18N2O2/c1-11-7-8-12(9-13(11)17)15(19)10-18-14-5-3-4-6-16(14)20-2/h3-9,18H,10,17H2,1-2H3. The van der Waals surface area contributed by atoms with Crippen LogP contribution in [0.15, 0.2) is 42.5 Å². The predicted molar refractivity (Wildman–Crippen MR) is 81.4 cm³/mol. The SMILES string of the molecule is COc1ccccc1NCC(=O)c1ccc(C)c(N)c1. The van der Waals surface area contributed by atoms with Gasteiger partial charge in [-0.3, -0.25) is 4.79 Å². The van der Waals surface area contributed by atoms with E-state index in [0.29, 0.717) is 17.0 Å².